The molecule has 10 heavy (non-hydrogen) atoms. The van der Waals surface area contributed by atoms with Gasteiger partial charge in [0.15, 0.2) is 0 Å². The van der Waals surface area contributed by atoms with E-state index in [1.54, 1.807) is 0 Å². The smallest absolute Gasteiger partial charge is 0.0532 e. The van der Waals surface area contributed by atoms with Crippen molar-refractivity contribution >= 4 is 0 Å². The van der Waals surface area contributed by atoms with E-state index in [1.807, 2.05) is 0 Å². The maximum Gasteiger partial charge on any atom is 0.0532 e. The Bertz CT molecular complexity index is 106. The van der Waals surface area contributed by atoms with Gasteiger partial charge in [0.05, 0.1) is 6.61 Å². The largest absolute Gasteiger partial charge is 0.381 e. The Morgan fingerprint density at radius 3 is 2.60 bits per heavy atom. The standard InChI is InChI=1S/C8H17NO/c1-8(6-9(2)3)4-5-10-7-8/h4-7H2,1-3H3. The number of nitrogens with zero attached hydrogens (tertiary/aromatic N) is 1. The van der Waals surface area contributed by atoms with Gasteiger partial charge in [-0.15, -0.1) is 0 Å². The Balaban J connectivity index is 2.36. The Hall–Kier alpha value is -0.0800. The topological polar surface area (TPSA) is 12.5 Å². The molecule has 0 saturated carbocycles. The highest BCUT2D eigenvalue weighted by Gasteiger charge is 2.29. The number of rotatable bonds is 2. The van der Waals surface area contributed by atoms with Gasteiger partial charge in [-0.05, 0) is 20.5 Å². The molecule has 2 nitrogen and oxygen atoms in total. The van der Waals surface area contributed by atoms with Gasteiger partial charge in [0, 0.05) is 18.6 Å². The third kappa shape index (κ3) is 1.96. The van der Waals surface area contributed by atoms with E-state index in [0.717, 1.165) is 19.8 Å². The van der Waals surface area contributed by atoms with Crippen LogP contribution in [0.15, 0.2) is 0 Å². The molecule has 1 saturated heterocycles. The molecule has 1 aliphatic heterocycles. The summed E-state index contributed by atoms with van der Waals surface area (Å²) < 4.78 is 5.33. The van der Waals surface area contributed by atoms with E-state index in [1.165, 1.54) is 6.42 Å². The van der Waals surface area contributed by atoms with Crippen LogP contribution in [0.25, 0.3) is 0 Å². The van der Waals surface area contributed by atoms with Crippen molar-refractivity contribution in [2.75, 3.05) is 33.9 Å². The van der Waals surface area contributed by atoms with E-state index in [-0.39, 0.29) is 0 Å². The minimum Gasteiger partial charge on any atom is -0.381 e. The molecular weight excluding hydrogens is 126 g/mol. The quantitative estimate of drug-likeness (QED) is 0.571. The van der Waals surface area contributed by atoms with E-state index >= 15 is 0 Å². The maximum absolute atomic E-state index is 5.33. The monoisotopic (exact) mass is 143 g/mol. The molecule has 1 unspecified atom stereocenters. The van der Waals surface area contributed by atoms with Gasteiger partial charge in [0.25, 0.3) is 0 Å². The van der Waals surface area contributed by atoms with Gasteiger partial charge in [0.1, 0.15) is 0 Å². The summed E-state index contributed by atoms with van der Waals surface area (Å²) in [5.74, 6) is 0. The summed E-state index contributed by atoms with van der Waals surface area (Å²) >= 11 is 0. The lowest BCUT2D eigenvalue weighted by atomic mass is 9.90. The molecule has 0 bridgehead atoms. The van der Waals surface area contributed by atoms with Crippen molar-refractivity contribution in [3.63, 3.8) is 0 Å². The van der Waals surface area contributed by atoms with Crippen LogP contribution in [0.4, 0.5) is 0 Å². The summed E-state index contributed by atoms with van der Waals surface area (Å²) in [4.78, 5) is 2.23. The second-order valence-corrected chi connectivity index (χ2v) is 3.85. The highest BCUT2D eigenvalue weighted by Crippen LogP contribution is 2.27. The Morgan fingerprint density at radius 2 is 2.20 bits per heavy atom. The van der Waals surface area contributed by atoms with Crippen molar-refractivity contribution in [1.29, 1.82) is 0 Å². The molecule has 0 N–H and O–H groups in total. The van der Waals surface area contributed by atoms with Crippen LogP contribution >= 0.6 is 0 Å². The summed E-state index contributed by atoms with van der Waals surface area (Å²) in [6.07, 6.45) is 1.21. The molecule has 1 aliphatic rings. The predicted octanol–water partition coefficient (Wildman–Crippen LogP) is 0.975. The lowest BCUT2D eigenvalue weighted by Crippen LogP contribution is -2.31. The van der Waals surface area contributed by atoms with Crippen molar-refractivity contribution in [3.05, 3.63) is 0 Å². The van der Waals surface area contributed by atoms with Crippen LogP contribution in [-0.2, 0) is 4.74 Å². The predicted molar refractivity (Wildman–Crippen MR) is 42.1 cm³/mol. The summed E-state index contributed by atoms with van der Waals surface area (Å²) in [7, 11) is 4.23. The minimum atomic E-state index is 0.420. The molecular formula is C8H17NO. The number of ether oxygens (including phenoxy) is 1. The van der Waals surface area contributed by atoms with E-state index in [2.05, 4.69) is 25.9 Å². The van der Waals surface area contributed by atoms with Crippen LogP contribution in [0.5, 0.6) is 0 Å². The zero-order valence-corrected chi connectivity index (χ0v) is 7.18. The summed E-state index contributed by atoms with van der Waals surface area (Å²) in [6.45, 7) is 5.32. The molecule has 0 radical (unpaired) electrons. The molecule has 1 heterocycles. The van der Waals surface area contributed by atoms with Gasteiger partial charge in [0.2, 0.25) is 0 Å². The van der Waals surface area contributed by atoms with E-state index in [0.29, 0.717) is 5.41 Å². The molecule has 0 spiro atoms. The Morgan fingerprint density at radius 1 is 1.50 bits per heavy atom. The first-order chi connectivity index (χ1) is 4.62. The molecule has 0 amide bonds. The average Bonchev–Trinajstić information content (AvgIpc) is 2.12. The van der Waals surface area contributed by atoms with E-state index < -0.39 is 0 Å². The molecule has 60 valence electrons. The molecule has 0 aromatic carbocycles. The maximum atomic E-state index is 5.33. The van der Waals surface area contributed by atoms with Gasteiger partial charge < -0.3 is 9.64 Å². The SMILES string of the molecule is CN(C)CC1(C)CCOC1. The third-order valence-electron chi connectivity index (χ3n) is 2.00. The number of hydrogen-bond acceptors (Lipinski definition) is 2. The highest BCUT2D eigenvalue weighted by atomic mass is 16.5. The zero-order valence-electron chi connectivity index (χ0n) is 7.18. The lowest BCUT2D eigenvalue weighted by Gasteiger charge is -2.25. The Kier molecular flexibility index (Phi) is 2.32. The fourth-order valence-corrected chi connectivity index (χ4v) is 1.60. The molecule has 1 rings (SSSR count). The van der Waals surface area contributed by atoms with Crippen LogP contribution in [0, 0.1) is 5.41 Å². The van der Waals surface area contributed by atoms with Crippen LogP contribution < -0.4 is 0 Å². The van der Waals surface area contributed by atoms with Crippen LogP contribution in [0.3, 0.4) is 0 Å². The van der Waals surface area contributed by atoms with Crippen molar-refractivity contribution < 1.29 is 4.74 Å². The summed E-state index contributed by atoms with van der Waals surface area (Å²) in [5, 5.41) is 0. The van der Waals surface area contributed by atoms with Gasteiger partial charge >= 0.3 is 0 Å². The molecule has 2 heteroatoms. The highest BCUT2D eigenvalue weighted by molar-refractivity contribution is 4.80. The molecule has 0 aliphatic carbocycles. The fraction of sp³-hybridized carbons (Fsp3) is 1.00. The first kappa shape index (κ1) is 8.02. The third-order valence-corrected chi connectivity index (χ3v) is 2.00. The summed E-state index contributed by atoms with van der Waals surface area (Å²) in [6, 6.07) is 0. The molecule has 1 fully saturated rings. The second-order valence-electron chi connectivity index (χ2n) is 3.85. The van der Waals surface area contributed by atoms with Crippen LogP contribution in [-0.4, -0.2) is 38.8 Å². The van der Waals surface area contributed by atoms with Crippen molar-refractivity contribution in [1.82, 2.24) is 4.90 Å². The average molecular weight is 143 g/mol. The molecule has 1 atom stereocenters. The van der Waals surface area contributed by atoms with Gasteiger partial charge in [-0.1, -0.05) is 6.92 Å². The second kappa shape index (κ2) is 2.89. The first-order valence-electron chi connectivity index (χ1n) is 3.85. The van der Waals surface area contributed by atoms with Crippen LogP contribution in [0.1, 0.15) is 13.3 Å². The van der Waals surface area contributed by atoms with Gasteiger partial charge in [-0.2, -0.15) is 0 Å². The van der Waals surface area contributed by atoms with Crippen molar-refractivity contribution in [2.24, 2.45) is 5.41 Å². The Labute approximate surface area is 63.2 Å². The normalized spacial score (nSPS) is 33.6. The lowest BCUT2D eigenvalue weighted by molar-refractivity contribution is 0.140. The first-order valence-corrected chi connectivity index (χ1v) is 3.85. The van der Waals surface area contributed by atoms with Crippen LogP contribution in [0.2, 0.25) is 0 Å². The van der Waals surface area contributed by atoms with Crippen molar-refractivity contribution in [3.8, 4) is 0 Å². The van der Waals surface area contributed by atoms with Gasteiger partial charge in [-0.25, -0.2) is 0 Å². The fourth-order valence-electron chi connectivity index (χ4n) is 1.60. The van der Waals surface area contributed by atoms with Gasteiger partial charge in [-0.3, -0.25) is 0 Å². The van der Waals surface area contributed by atoms with Crippen molar-refractivity contribution in [2.45, 2.75) is 13.3 Å². The summed E-state index contributed by atoms with van der Waals surface area (Å²) in [5.41, 5.74) is 0.420. The molecule has 0 aromatic heterocycles. The number of hydrogen-bond donors (Lipinski definition) is 0. The zero-order chi connectivity index (χ0) is 7.61. The van der Waals surface area contributed by atoms with E-state index in [4.69, 9.17) is 4.74 Å². The minimum absolute atomic E-state index is 0.420. The molecule has 0 aromatic rings. The van der Waals surface area contributed by atoms with E-state index in [9.17, 15) is 0 Å².